The molecule has 1 saturated carbocycles. The normalized spacial score (nSPS) is 24.4. The van der Waals surface area contributed by atoms with Crippen LogP contribution in [0.3, 0.4) is 0 Å². The number of ether oxygens (including phenoxy) is 1. The Bertz CT molecular complexity index is 491. The molecule has 1 aromatic carbocycles. The van der Waals surface area contributed by atoms with Gasteiger partial charge in [-0.25, -0.2) is 13.2 Å². The molecule has 1 aliphatic carbocycles. The van der Waals surface area contributed by atoms with E-state index in [0.29, 0.717) is 6.54 Å². The SMILES string of the molecule is Fc1cc(NCC2CCC3(CCCCC3)O2)cc(F)c1F. The van der Waals surface area contributed by atoms with Crippen LogP contribution >= 0.6 is 0 Å². The van der Waals surface area contributed by atoms with Crippen LogP contribution in [0.25, 0.3) is 0 Å². The molecule has 0 aromatic heterocycles. The molecule has 1 aromatic rings. The molecule has 2 nitrogen and oxygen atoms in total. The Kier molecular flexibility index (Phi) is 4.11. The van der Waals surface area contributed by atoms with Crippen LogP contribution in [-0.4, -0.2) is 18.2 Å². The number of nitrogens with one attached hydrogen (secondary N) is 1. The second-order valence-electron chi connectivity index (χ2n) is 6.16. The van der Waals surface area contributed by atoms with Crippen molar-refractivity contribution in [2.24, 2.45) is 0 Å². The van der Waals surface area contributed by atoms with Gasteiger partial charge in [-0.3, -0.25) is 0 Å². The third kappa shape index (κ3) is 3.18. The fraction of sp³-hybridized carbons (Fsp3) is 0.625. The molecule has 3 rings (SSSR count). The number of anilines is 1. The topological polar surface area (TPSA) is 21.3 Å². The van der Waals surface area contributed by atoms with E-state index in [1.54, 1.807) is 0 Å². The molecule has 1 heterocycles. The maximum absolute atomic E-state index is 13.1. The van der Waals surface area contributed by atoms with E-state index < -0.39 is 17.5 Å². The van der Waals surface area contributed by atoms with Crippen LogP contribution in [0.4, 0.5) is 18.9 Å². The van der Waals surface area contributed by atoms with E-state index in [1.807, 2.05) is 0 Å². The molecule has 0 amide bonds. The summed E-state index contributed by atoms with van der Waals surface area (Å²) in [4.78, 5) is 0. The first kappa shape index (κ1) is 14.7. The molecule has 1 N–H and O–H groups in total. The molecule has 1 spiro atoms. The molecule has 1 saturated heterocycles. The minimum absolute atomic E-state index is 0.0316. The fourth-order valence-electron chi connectivity index (χ4n) is 3.49. The van der Waals surface area contributed by atoms with Gasteiger partial charge in [0.05, 0.1) is 11.7 Å². The van der Waals surface area contributed by atoms with Gasteiger partial charge in [-0.1, -0.05) is 19.3 Å². The summed E-state index contributed by atoms with van der Waals surface area (Å²) in [5.41, 5.74) is 0.281. The summed E-state index contributed by atoms with van der Waals surface area (Å²) in [6.45, 7) is 0.492. The van der Waals surface area contributed by atoms with Gasteiger partial charge in [0.25, 0.3) is 0 Å². The Balaban J connectivity index is 1.56. The van der Waals surface area contributed by atoms with Gasteiger partial charge in [-0.2, -0.15) is 0 Å². The van der Waals surface area contributed by atoms with Crippen LogP contribution in [0.1, 0.15) is 44.9 Å². The summed E-state index contributed by atoms with van der Waals surface area (Å²) in [6.07, 6.45) is 8.02. The zero-order chi connectivity index (χ0) is 14.9. The molecule has 21 heavy (non-hydrogen) atoms. The lowest BCUT2D eigenvalue weighted by atomic mass is 9.83. The highest BCUT2D eigenvalue weighted by Crippen LogP contribution is 2.41. The summed E-state index contributed by atoms with van der Waals surface area (Å²) in [5.74, 6) is -3.78. The van der Waals surface area contributed by atoms with Crippen molar-refractivity contribution in [3.05, 3.63) is 29.6 Å². The fourth-order valence-corrected chi connectivity index (χ4v) is 3.49. The average Bonchev–Trinajstić information content (AvgIpc) is 2.86. The number of rotatable bonds is 3. The second kappa shape index (κ2) is 5.87. The van der Waals surface area contributed by atoms with E-state index in [-0.39, 0.29) is 17.4 Å². The van der Waals surface area contributed by atoms with Crippen LogP contribution < -0.4 is 5.32 Å². The second-order valence-corrected chi connectivity index (χ2v) is 6.16. The average molecular weight is 299 g/mol. The molecule has 0 bridgehead atoms. The molecule has 116 valence electrons. The van der Waals surface area contributed by atoms with Crippen molar-refractivity contribution in [1.29, 1.82) is 0 Å². The molecule has 1 unspecified atom stereocenters. The minimum Gasteiger partial charge on any atom is -0.382 e. The van der Waals surface area contributed by atoms with Gasteiger partial charge in [-0.05, 0) is 25.7 Å². The maximum Gasteiger partial charge on any atom is 0.194 e. The Morgan fingerprint density at radius 1 is 1.05 bits per heavy atom. The molecule has 1 aliphatic heterocycles. The van der Waals surface area contributed by atoms with Crippen molar-refractivity contribution in [3.8, 4) is 0 Å². The lowest BCUT2D eigenvalue weighted by molar-refractivity contribution is -0.0588. The number of benzene rings is 1. The van der Waals surface area contributed by atoms with Crippen LogP contribution in [0.15, 0.2) is 12.1 Å². The summed E-state index contributed by atoms with van der Waals surface area (Å²) >= 11 is 0. The molecule has 0 radical (unpaired) electrons. The van der Waals surface area contributed by atoms with Gasteiger partial charge in [0.15, 0.2) is 17.5 Å². The molecule has 5 heteroatoms. The summed E-state index contributed by atoms with van der Waals surface area (Å²) in [6, 6.07) is 1.95. The summed E-state index contributed by atoms with van der Waals surface area (Å²) < 4.78 is 45.3. The number of hydrogen-bond acceptors (Lipinski definition) is 2. The highest BCUT2D eigenvalue weighted by molar-refractivity contribution is 5.44. The first-order chi connectivity index (χ1) is 10.1. The van der Waals surface area contributed by atoms with Gasteiger partial charge in [-0.15, -0.1) is 0 Å². The maximum atomic E-state index is 13.1. The zero-order valence-corrected chi connectivity index (χ0v) is 11.9. The highest BCUT2D eigenvalue weighted by atomic mass is 19.2. The summed E-state index contributed by atoms with van der Waals surface area (Å²) in [7, 11) is 0. The van der Waals surface area contributed by atoms with Crippen LogP contribution in [0.2, 0.25) is 0 Å². The predicted molar refractivity (Wildman–Crippen MR) is 74.7 cm³/mol. The van der Waals surface area contributed by atoms with Crippen LogP contribution in [0, 0.1) is 17.5 Å². The Labute approximate surface area is 122 Å². The van der Waals surface area contributed by atoms with Crippen molar-refractivity contribution in [3.63, 3.8) is 0 Å². The molecule has 1 atom stereocenters. The van der Waals surface area contributed by atoms with Gasteiger partial charge in [0.2, 0.25) is 0 Å². The molecule has 2 fully saturated rings. The molecule has 2 aliphatic rings. The van der Waals surface area contributed by atoms with E-state index in [9.17, 15) is 13.2 Å². The Morgan fingerprint density at radius 3 is 2.38 bits per heavy atom. The van der Waals surface area contributed by atoms with E-state index in [2.05, 4.69) is 5.32 Å². The third-order valence-corrected chi connectivity index (χ3v) is 4.62. The van der Waals surface area contributed by atoms with Gasteiger partial charge in [0, 0.05) is 24.4 Å². The van der Waals surface area contributed by atoms with E-state index in [4.69, 9.17) is 4.74 Å². The molecular weight excluding hydrogens is 279 g/mol. The van der Waals surface area contributed by atoms with Crippen molar-refractivity contribution >= 4 is 5.69 Å². The van der Waals surface area contributed by atoms with Crippen LogP contribution in [-0.2, 0) is 4.74 Å². The largest absolute Gasteiger partial charge is 0.382 e. The Morgan fingerprint density at radius 2 is 1.71 bits per heavy atom. The number of hydrogen-bond donors (Lipinski definition) is 1. The third-order valence-electron chi connectivity index (χ3n) is 4.62. The minimum atomic E-state index is -1.43. The van der Waals surface area contributed by atoms with Crippen molar-refractivity contribution in [2.75, 3.05) is 11.9 Å². The van der Waals surface area contributed by atoms with Crippen molar-refractivity contribution in [2.45, 2.75) is 56.7 Å². The van der Waals surface area contributed by atoms with Gasteiger partial charge < -0.3 is 10.1 Å². The van der Waals surface area contributed by atoms with Crippen molar-refractivity contribution < 1.29 is 17.9 Å². The zero-order valence-electron chi connectivity index (χ0n) is 11.9. The first-order valence-electron chi connectivity index (χ1n) is 7.64. The van der Waals surface area contributed by atoms with Gasteiger partial charge >= 0.3 is 0 Å². The first-order valence-corrected chi connectivity index (χ1v) is 7.64. The van der Waals surface area contributed by atoms with E-state index in [0.717, 1.165) is 37.8 Å². The quantitative estimate of drug-likeness (QED) is 0.835. The lowest BCUT2D eigenvalue weighted by Crippen LogP contribution is -2.33. The highest BCUT2D eigenvalue weighted by Gasteiger charge is 2.40. The smallest absolute Gasteiger partial charge is 0.194 e. The van der Waals surface area contributed by atoms with E-state index >= 15 is 0 Å². The summed E-state index contributed by atoms with van der Waals surface area (Å²) in [5, 5.41) is 2.95. The monoisotopic (exact) mass is 299 g/mol. The standard InChI is InChI=1S/C16H20F3NO/c17-13-8-11(9-14(18)15(13)19)20-10-12-4-7-16(21-12)5-2-1-3-6-16/h8-9,12,20H,1-7,10H2. The lowest BCUT2D eigenvalue weighted by Gasteiger charge is -2.33. The predicted octanol–water partition coefficient (Wildman–Crippen LogP) is 4.40. The molecular formula is C16H20F3NO. The Hall–Kier alpha value is -1.23. The van der Waals surface area contributed by atoms with E-state index in [1.165, 1.54) is 19.3 Å². The van der Waals surface area contributed by atoms with Crippen LogP contribution in [0.5, 0.6) is 0 Å². The van der Waals surface area contributed by atoms with Gasteiger partial charge in [0.1, 0.15) is 0 Å². The van der Waals surface area contributed by atoms with Crippen molar-refractivity contribution in [1.82, 2.24) is 0 Å². The number of halogens is 3.